The van der Waals surface area contributed by atoms with Crippen LogP contribution in [-0.4, -0.2) is 34.2 Å². The van der Waals surface area contributed by atoms with Crippen LogP contribution in [0.2, 0.25) is 0 Å². The van der Waals surface area contributed by atoms with Crippen LogP contribution in [0.1, 0.15) is 12.8 Å². The third-order valence-electron chi connectivity index (χ3n) is 1.67. The lowest BCUT2D eigenvalue weighted by atomic mass is 10.3. The molecule has 5 nitrogen and oxygen atoms in total. The first-order valence-electron chi connectivity index (χ1n) is 3.50. The van der Waals surface area contributed by atoms with Crippen molar-refractivity contribution >= 4 is 19.9 Å². The van der Waals surface area contributed by atoms with E-state index in [9.17, 15) is 16.8 Å². The van der Waals surface area contributed by atoms with E-state index in [0.29, 0.717) is 12.8 Å². The van der Waals surface area contributed by atoms with Crippen molar-refractivity contribution in [1.82, 2.24) is 4.72 Å². The third-order valence-corrected chi connectivity index (χ3v) is 4.61. The molecule has 0 aromatic heterocycles. The lowest BCUT2D eigenvalue weighted by Gasteiger charge is -2.08. The van der Waals surface area contributed by atoms with Crippen molar-refractivity contribution < 1.29 is 16.8 Å². The van der Waals surface area contributed by atoms with E-state index in [-0.39, 0.29) is 5.75 Å². The molecule has 0 aromatic rings. The van der Waals surface area contributed by atoms with Crippen LogP contribution in [0.4, 0.5) is 0 Å². The molecule has 1 atom stereocenters. The number of sulfone groups is 1. The Morgan fingerprint density at radius 2 is 2.00 bits per heavy atom. The van der Waals surface area contributed by atoms with Crippen LogP contribution in [0.5, 0.6) is 0 Å². The molecule has 1 unspecified atom stereocenters. The van der Waals surface area contributed by atoms with Crippen LogP contribution in [-0.2, 0) is 19.9 Å². The Balaban J connectivity index is 2.79. The van der Waals surface area contributed by atoms with Crippen LogP contribution in [0, 0.1) is 0 Å². The molecule has 12 heavy (non-hydrogen) atoms. The SMILES string of the molecule is CS(=O)(=O)NC1CCCS1(=O)=O. The van der Waals surface area contributed by atoms with Gasteiger partial charge in [-0.25, -0.2) is 16.8 Å². The molecule has 0 spiro atoms. The van der Waals surface area contributed by atoms with E-state index in [1.54, 1.807) is 0 Å². The first-order chi connectivity index (χ1) is 5.31. The minimum atomic E-state index is -3.41. The zero-order chi connectivity index (χ0) is 9.41. The normalized spacial score (nSPS) is 28.9. The molecule has 1 N–H and O–H groups in total. The summed E-state index contributed by atoms with van der Waals surface area (Å²) >= 11 is 0. The van der Waals surface area contributed by atoms with Crippen molar-refractivity contribution in [2.24, 2.45) is 0 Å². The molecule has 0 saturated carbocycles. The van der Waals surface area contributed by atoms with Crippen molar-refractivity contribution in [2.45, 2.75) is 18.2 Å². The van der Waals surface area contributed by atoms with Crippen LogP contribution in [0.25, 0.3) is 0 Å². The summed E-state index contributed by atoms with van der Waals surface area (Å²) in [6.07, 6.45) is 1.88. The molecule has 0 aliphatic carbocycles. The van der Waals surface area contributed by atoms with Gasteiger partial charge in [0.05, 0.1) is 12.0 Å². The molecule has 1 heterocycles. The standard InChI is InChI=1S/C5H11NO4S2/c1-11(7,8)6-5-3-2-4-12(5,9)10/h5-6H,2-4H2,1H3. The summed E-state index contributed by atoms with van der Waals surface area (Å²) in [6.45, 7) is 0. The quantitative estimate of drug-likeness (QED) is 0.642. The van der Waals surface area contributed by atoms with Crippen LogP contribution in [0.15, 0.2) is 0 Å². The van der Waals surface area contributed by atoms with Gasteiger partial charge < -0.3 is 0 Å². The first-order valence-corrected chi connectivity index (χ1v) is 7.11. The summed E-state index contributed by atoms with van der Waals surface area (Å²) in [6, 6.07) is 0. The second-order valence-corrected chi connectivity index (χ2v) is 6.97. The van der Waals surface area contributed by atoms with E-state index in [0.717, 1.165) is 6.26 Å². The maximum absolute atomic E-state index is 11.1. The van der Waals surface area contributed by atoms with Crippen LogP contribution >= 0.6 is 0 Å². The minimum Gasteiger partial charge on any atom is -0.227 e. The van der Waals surface area contributed by atoms with Gasteiger partial charge in [-0.1, -0.05) is 0 Å². The Bertz CT molecular complexity index is 355. The van der Waals surface area contributed by atoms with Gasteiger partial charge in [-0.15, -0.1) is 0 Å². The Morgan fingerprint density at radius 3 is 2.33 bits per heavy atom. The number of sulfonamides is 1. The van der Waals surface area contributed by atoms with Gasteiger partial charge in [0.25, 0.3) is 0 Å². The van der Waals surface area contributed by atoms with E-state index in [2.05, 4.69) is 4.72 Å². The fourth-order valence-electron chi connectivity index (χ4n) is 1.16. The van der Waals surface area contributed by atoms with Gasteiger partial charge in [0.1, 0.15) is 5.37 Å². The average molecular weight is 213 g/mol. The fourth-order valence-corrected chi connectivity index (χ4v) is 4.25. The summed E-state index contributed by atoms with van der Waals surface area (Å²) in [5.74, 6) is 0.0835. The lowest BCUT2D eigenvalue weighted by Crippen LogP contribution is -2.37. The Morgan fingerprint density at radius 1 is 1.42 bits per heavy atom. The molecule has 0 amide bonds. The smallest absolute Gasteiger partial charge is 0.209 e. The van der Waals surface area contributed by atoms with Crippen molar-refractivity contribution in [3.05, 3.63) is 0 Å². The number of hydrogen-bond acceptors (Lipinski definition) is 4. The van der Waals surface area contributed by atoms with E-state index in [1.807, 2.05) is 0 Å². The van der Waals surface area contributed by atoms with Crippen LogP contribution in [0.3, 0.4) is 0 Å². The zero-order valence-corrected chi connectivity index (χ0v) is 8.28. The Kier molecular flexibility index (Phi) is 2.46. The number of rotatable bonds is 2. The summed E-state index contributed by atoms with van der Waals surface area (Å²) < 4.78 is 45.7. The molecule has 0 radical (unpaired) electrons. The Labute approximate surface area is 72.1 Å². The molecule has 0 aromatic carbocycles. The van der Waals surface area contributed by atoms with Gasteiger partial charge >= 0.3 is 0 Å². The average Bonchev–Trinajstić information content (AvgIpc) is 2.07. The van der Waals surface area contributed by atoms with E-state index in [1.165, 1.54) is 0 Å². The molecule has 1 aliphatic heterocycles. The van der Waals surface area contributed by atoms with E-state index < -0.39 is 25.2 Å². The van der Waals surface area contributed by atoms with Crippen molar-refractivity contribution in [2.75, 3.05) is 12.0 Å². The predicted molar refractivity (Wildman–Crippen MR) is 44.8 cm³/mol. The maximum Gasteiger partial charge on any atom is 0.209 e. The first kappa shape index (κ1) is 9.94. The maximum atomic E-state index is 11.1. The van der Waals surface area contributed by atoms with Crippen molar-refractivity contribution in [3.63, 3.8) is 0 Å². The fraction of sp³-hybridized carbons (Fsp3) is 1.00. The summed E-state index contributed by atoms with van der Waals surface area (Å²) in [7, 11) is -6.62. The second kappa shape index (κ2) is 2.97. The topological polar surface area (TPSA) is 80.3 Å². The Hall–Kier alpha value is -0.140. The van der Waals surface area contributed by atoms with Gasteiger partial charge in [-0.3, -0.25) is 0 Å². The van der Waals surface area contributed by atoms with Gasteiger partial charge in [0.2, 0.25) is 10.0 Å². The second-order valence-electron chi connectivity index (χ2n) is 2.89. The summed E-state index contributed by atoms with van der Waals surface area (Å²) in [5, 5.41) is -0.896. The van der Waals surface area contributed by atoms with Crippen molar-refractivity contribution in [3.8, 4) is 0 Å². The minimum absolute atomic E-state index is 0.0835. The molecule has 1 fully saturated rings. The van der Waals surface area contributed by atoms with E-state index in [4.69, 9.17) is 0 Å². The molecular formula is C5H11NO4S2. The van der Waals surface area contributed by atoms with Gasteiger partial charge in [0, 0.05) is 0 Å². The highest BCUT2D eigenvalue weighted by molar-refractivity contribution is 7.94. The summed E-state index contributed by atoms with van der Waals surface area (Å²) in [4.78, 5) is 0. The zero-order valence-electron chi connectivity index (χ0n) is 6.65. The highest BCUT2D eigenvalue weighted by Crippen LogP contribution is 2.17. The van der Waals surface area contributed by atoms with Gasteiger partial charge in [-0.05, 0) is 12.8 Å². The monoisotopic (exact) mass is 213 g/mol. The molecule has 1 saturated heterocycles. The number of hydrogen-bond donors (Lipinski definition) is 1. The highest BCUT2D eigenvalue weighted by atomic mass is 32.2. The summed E-state index contributed by atoms with van der Waals surface area (Å²) in [5.41, 5.74) is 0. The highest BCUT2D eigenvalue weighted by Gasteiger charge is 2.32. The van der Waals surface area contributed by atoms with Gasteiger partial charge in [0.15, 0.2) is 9.84 Å². The molecular weight excluding hydrogens is 202 g/mol. The molecule has 72 valence electrons. The molecule has 0 bridgehead atoms. The molecule has 1 aliphatic rings. The largest absolute Gasteiger partial charge is 0.227 e. The predicted octanol–water partition coefficient (Wildman–Crippen LogP) is -0.930. The van der Waals surface area contributed by atoms with Crippen molar-refractivity contribution in [1.29, 1.82) is 0 Å². The van der Waals surface area contributed by atoms with Crippen LogP contribution < -0.4 is 4.72 Å². The number of nitrogens with one attached hydrogen (secondary N) is 1. The molecule has 7 heteroatoms. The molecule has 1 rings (SSSR count). The lowest BCUT2D eigenvalue weighted by molar-refractivity contribution is 0.563. The van der Waals surface area contributed by atoms with Gasteiger partial charge in [-0.2, -0.15) is 4.72 Å². The van der Waals surface area contributed by atoms with E-state index >= 15 is 0 Å². The third kappa shape index (κ3) is 2.43.